The van der Waals surface area contributed by atoms with Gasteiger partial charge in [0.05, 0.1) is 5.69 Å². The second-order valence-corrected chi connectivity index (χ2v) is 8.61. The quantitative estimate of drug-likeness (QED) is 0.674. The summed E-state index contributed by atoms with van der Waals surface area (Å²) in [5, 5.41) is 5.90. The molecule has 1 unspecified atom stereocenters. The third-order valence-corrected chi connectivity index (χ3v) is 6.51. The molecule has 0 radical (unpaired) electrons. The lowest BCUT2D eigenvalue weighted by molar-refractivity contribution is -0.136. The Morgan fingerprint density at radius 1 is 1.12 bits per heavy atom. The van der Waals surface area contributed by atoms with Crippen molar-refractivity contribution in [3.8, 4) is 5.75 Å². The molecule has 2 N–H and O–H groups in total. The van der Waals surface area contributed by atoms with Crippen molar-refractivity contribution in [2.24, 2.45) is 0 Å². The summed E-state index contributed by atoms with van der Waals surface area (Å²) >= 11 is 0. The molecule has 1 saturated heterocycles. The highest BCUT2D eigenvalue weighted by atomic mass is 16.5. The Hall–Kier alpha value is -3.26. The van der Waals surface area contributed by atoms with Crippen LogP contribution in [0.3, 0.4) is 0 Å². The molecule has 166 valence electrons. The third kappa shape index (κ3) is 4.10. The molecule has 3 heterocycles. The molecule has 0 spiro atoms. The maximum absolute atomic E-state index is 12.9. The smallest absolute Gasteiger partial charge is 0.255 e. The van der Waals surface area contributed by atoms with Crippen LogP contribution in [-0.4, -0.2) is 45.8 Å². The zero-order chi connectivity index (χ0) is 22.1. The van der Waals surface area contributed by atoms with Crippen LogP contribution in [0, 0.1) is 0 Å². The summed E-state index contributed by atoms with van der Waals surface area (Å²) in [5.41, 5.74) is 2.45. The van der Waals surface area contributed by atoms with Crippen LogP contribution >= 0.6 is 0 Å². The molecule has 8 heteroatoms. The van der Waals surface area contributed by atoms with Gasteiger partial charge in [-0.2, -0.15) is 0 Å². The van der Waals surface area contributed by atoms with Gasteiger partial charge in [0.2, 0.25) is 11.8 Å². The normalized spacial score (nSPS) is 25.1. The predicted octanol–water partition coefficient (Wildman–Crippen LogP) is 1.93. The third-order valence-electron chi connectivity index (χ3n) is 6.51. The fraction of sp³-hybridized carbons (Fsp3) is 0.417. The molecule has 3 atom stereocenters. The number of fused-ring (bicyclic) bond motifs is 1. The van der Waals surface area contributed by atoms with Gasteiger partial charge in [-0.1, -0.05) is 6.07 Å². The number of carbonyl (C=O) groups is 3. The Labute approximate surface area is 186 Å². The average Bonchev–Trinajstić information content (AvgIpc) is 3.37. The van der Waals surface area contributed by atoms with Crippen LogP contribution in [-0.2, 0) is 22.7 Å². The summed E-state index contributed by atoms with van der Waals surface area (Å²) in [7, 11) is 0. The lowest BCUT2D eigenvalue weighted by atomic mass is 10.0. The van der Waals surface area contributed by atoms with Crippen LogP contribution < -0.4 is 15.4 Å². The summed E-state index contributed by atoms with van der Waals surface area (Å²) in [6.45, 7) is 1.05. The van der Waals surface area contributed by atoms with Crippen molar-refractivity contribution in [3.05, 3.63) is 59.4 Å². The largest absolute Gasteiger partial charge is 0.489 e. The van der Waals surface area contributed by atoms with Crippen LogP contribution in [0.5, 0.6) is 5.75 Å². The molecule has 1 aromatic carbocycles. The number of pyridine rings is 1. The molecule has 1 saturated carbocycles. The first-order chi connectivity index (χ1) is 15.6. The summed E-state index contributed by atoms with van der Waals surface area (Å²) in [6, 6.07) is 11.1. The van der Waals surface area contributed by atoms with Gasteiger partial charge in [-0.25, -0.2) is 0 Å². The van der Waals surface area contributed by atoms with E-state index in [2.05, 4.69) is 15.6 Å². The SMILES string of the molecule is O=C1CCC(N2Cc3cc(O[C@H]4CCC[C@@H]4NCc4ccccn4)ccc3C2=O)C(=O)N1. The van der Waals surface area contributed by atoms with Crippen LogP contribution in [0.15, 0.2) is 42.6 Å². The molecule has 5 rings (SSSR count). The molecule has 8 nitrogen and oxygen atoms in total. The van der Waals surface area contributed by atoms with Crippen molar-refractivity contribution in [1.82, 2.24) is 20.5 Å². The van der Waals surface area contributed by atoms with E-state index in [1.165, 1.54) is 0 Å². The number of ether oxygens (including phenoxy) is 1. The lowest BCUT2D eigenvalue weighted by Gasteiger charge is -2.29. The van der Waals surface area contributed by atoms with Crippen molar-refractivity contribution in [1.29, 1.82) is 0 Å². The van der Waals surface area contributed by atoms with Crippen molar-refractivity contribution >= 4 is 17.7 Å². The van der Waals surface area contributed by atoms with E-state index in [9.17, 15) is 14.4 Å². The number of hydrogen-bond acceptors (Lipinski definition) is 6. The number of amides is 3. The molecule has 2 fully saturated rings. The fourth-order valence-corrected chi connectivity index (χ4v) is 4.84. The average molecular weight is 434 g/mol. The number of piperidine rings is 1. The van der Waals surface area contributed by atoms with E-state index in [0.29, 0.717) is 25.1 Å². The van der Waals surface area contributed by atoms with Gasteiger partial charge in [0, 0.05) is 37.3 Å². The Balaban J connectivity index is 1.24. The molecule has 2 aliphatic heterocycles. The number of benzene rings is 1. The molecule has 32 heavy (non-hydrogen) atoms. The monoisotopic (exact) mass is 434 g/mol. The second-order valence-electron chi connectivity index (χ2n) is 8.61. The minimum absolute atomic E-state index is 0.0557. The van der Waals surface area contributed by atoms with Gasteiger partial charge in [0.25, 0.3) is 5.91 Å². The highest BCUT2D eigenvalue weighted by Crippen LogP contribution is 2.32. The number of nitrogens with zero attached hydrogens (tertiary/aromatic N) is 2. The number of hydrogen-bond donors (Lipinski definition) is 2. The Morgan fingerprint density at radius 3 is 2.84 bits per heavy atom. The Kier molecular flexibility index (Phi) is 5.61. The van der Waals surface area contributed by atoms with Gasteiger partial charge in [-0.3, -0.25) is 24.7 Å². The fourth-order valence-electron chi connectivity index (χ4n) is 4.84. The number of imide groups is 1. The van der Waals surface area contributed by atoms with Crippen LogP contribution in [0.2, 0.25) is 0 Å². The molecule has 1 aliphatic carbocycles. The first-order valence-corrected chi connectivity index (χ1v) is 11.2. The maximum atomic E-state index is 12.9. The minimum Gasteiger partial charge on any atom is -0.489 e. The van der Waals surface area contributed by atoms with E-state index in [1.807, 2.05) is 30.3 Å². The topological polar surface area (TPSA) is 101 Å². The Morgan fingerprint density at radius 2 is 2.03 bits per heavy atom. The Bertz CT molecular complexity index is 1040. The number of nitrogens with one attached hydrogen (secondary N) is 2. The molecule has 3 amide bonds. The number of rotatable bonds is 6. The summed E-state index contributed by atoms with van der Waals surface area (Å²) < 4.78 is 6.32. The van der Waals surface area contributed by atoms with Crippen molar-refractivity contribution in [3.63, 3.8) is 0 Å². The van der Waals surface area contributed by atoms with Gasteiger partial charge >= 0.3 is 0 Å². The van der Waals surface area contributed by atoms with Crippen molar-refractivity contribution in [2.75, 3.05) is 0 Å². The lowest BCUT2D eigenvalue weighted by Crippen LogP contribution is -2.52. The van der Waals surface area contributed by atoms with Crippen LogP contribution in [0.25, 0.3) is 0 Å². The minimum atomic E-state index is -0.605. The summed E-state index contributed by atoms with van der Waals surface area (Å²) in [4.78, 5) is 42.4. The van der Waals surface area contributed by atoms with E-state index in [-0.39, 0.29) is 30.4 Å². The molecule has 1 aromatic heterocycles. The maximum Gasteiger partial charge on any atom is 0.255 e. The molecule has 0 bridgehead atoms. The number of aromatic nitrogens is 1. The van der Waals surface area contributed by atoms with Gasteiger partial charge in [0.1, 0.15) is 17.9 Å². The first kappa shape index (κ1) is 20.6. The predicted molar refractivity (Wildman–Crippen MR) is 116 cm³/mol. The standard InChI is InChI=1S/C24H26N4O4/c29-22-10-9-20(23(30)27-22)28-14-15-12-17(7-8-18(15)24(28)31)32-21-6-3-5-19(21)26-13-16-4-1-2-11-25-16/h1-2,4,7-8,11-12,19-21,26H,3,5-6,9-10,13-14H2,(H,27,29,30)/t19-,20?,21-/m0/s1. The van der Waals surface area contributed by atoms with Gasteiger partial charge < -0.3 is 15.0 Å². The molecule has 3 aliphatic rings. The van der Waals surface area contributed by atoms with E-state index in [4.69, 9.17) is 4.74 Å². The zero-order valence-electron chi connectivity index (χ0n) is 17.8. The van der Waals surface area contributed by atoms with Crippen molar-refractivity contribution < 1.29 is 19.1 Å². The van der Waals surface area contributed by atoms with E-state index >= 15 is 0 Å². The second kappa shape index (κ2) is 8.70. The molecule has 2 aromatic rings. The summed E-state index contributed by atoms with van der Waals surface area (Å²) in [5.74, 6) is -0.115. The van der Waals surface area contributed by atoms with E-state index in [0.717, 1.165) is 36.3 Å². The summed E-state index contributed by atoms with van der Waals surface area (Å²) in [6.07, 6.45) is 5.57. The van der Waals surface area contributed by atoms with Gasteiger partial charge in [-0.15, -0.1) is 0 Å². The molecular weight excluding hydrogens is 408 g/mol. The van der Waals surface area contributed by atoms with Gasteiger partial charge in [0.15, 0.2) is 0 Å². The van der Waals surface area contributed by atoms with Gasteiger partial charge in [-0.05, 0) is 61.6 Å². The van der Waals surface area contributed by atoms with E-state index in [1.54, 1.807) is 17.2 Å². The van der Waals surface area contributed by atoms with Crippen molar-refractivity contribution in [2.45, 2.75) is 63.4 Å². The van der Waals surface area contributed by atoms with Crippen LogP contribution in [0.4, 0.5) is 0 Å². The van der Waals surface area contributed by atoms with E-state index < -0.39 is 11.9 Å². The highest BCUT2D eigenvalue weighted by Gasteiger charge is 2.39. The zero-order valence-corrected chi connectivity index (χ0v) is 17.8. The van der Waals surface area contributed by atoms with Crippen LogP contribution in [0.1, 0.15) is 53.7 Å². The molecular formula is C24H26N4O4. The highest BCUT2D eigenvalue weighted by molar-refractivity contribution is 6.05. The number of carbonyl (C=O) groups excluding carboxylic acids is 3. The first-order valence-electron chi connectivity index (χ1n) is 11.2.